The minimum atomic E-state index is -4.10. The van der Waals surface area contributed by atoms with Gasteiger partial charge in [-0.05, 0) is 6.42 Å². The van der Waals surface area contributed by atoms with Crippen molar-refractivity contribution < 1.29 is 50.3 Å². The van der Waals surface area contributed by atoms with E-state index in [2.05, 4.69) is 14.1 Å². The molecule has 5 unspecified atom stereocenters. The summed E-state index contributed by atoms with van der Waals surface area (Å²) in [5, 5.41) is 5.91. The molecule has 0 aromatic heterocycles. The molecule has 0 aromatic carbocycles. The Morgan fingerprint density at radius 3 is 2.82 bits per heavy atom. The van der Waals surface area contributed by atoms with Crippen LogP contribution >= 0.6 is 12.0 Å². The summed E-state index contributed by atoms with van der Waals surface area (Å²) in [6.45, 7) is -0.483. The van der Waals surface area contributed by atoms with Gasteiger partial charge in [0.15, 0.2) is 0 Å². The number of carbonyl (C=O) groups is 1. The van der Waals surface area contributed by atoms with Gasteiger partial charge in [0.1, 0.15) is 29.5 Å². The summed E-state index contributed by atoms with van der Waals surface area (Å²) in [6, 6.07) is 0. The van der Waals surface area contributed by atoms with E-state index in [4.69, 9.17) is 14.2 Å². The number of esters is 1. The average molecular weight is 364 g/mol. The highest BCUT2D eigenvalue weighted by atomic mass is 32.2. The van der Waals surface area contributed by atoms with Gasteiger partial charge in [0.05, 0.1) is 12.7 Å². The smallest absolute Gasteiger partial charge is 0.415 e. The zero-order valence-corrected chi connectivity index (χ0v) is 12.2. The van der Waals surface area contributed by atoms with E-state index in [1.807, 2.05) is 0 Å². The molecule has 3 aliphatic rings. The number of halogens is 2. The van der Waals surface area contributed by atoms with Crippen LogP contribution in [0.15, 0.2) is 0 Å². The van der Waals surface area contributed by atoms with Crippen LogP contribution in [0, 0.1) is 5.92 Å². The fourth-order valence-electron chi connectivity index (χ4n) is 2.91. The van der Waals surface area contributed by atoms with E-state index in [-0.39, 0.29) is 6.42 Å². The number of alkyl halides is 2. The van der Waals surface area contributed by atoms with Crippen molar-refractivity contribution in [3.05, 3.63) is 0 Å². The average Bonchev–Trinajstić information content (AvgIpc) is 3.05. The molecule has 3 fully saturated rings. The molecule has 0 radical (unpaired) electrons. The minimum absolute atomic E-state index is 0.179. The Kier molecular flexibility index (Phi) is 4.08. The molecule has 0 aliphatic carbocycles. The van der Waals surface area contributed by atoms with Gasteiger partial charge < -0.3 is 9.47 Å². The Morgan fingerprint density at radius 1 is 1.41 bits per heavy atom. The number of hydrogen-bond donors (Lipinski definition) is 1. The lowest BCUT2D eigenvalue weighted by Gasteiger charge is -2.22. The lowest BCUT2D eigenvalue weighted by molar-refractivity contribution is -0.433. The fourth-order valence-corrected chi connectivity index (χ4v) is 4.83. The van der Waals surface area contributed by atoms with Crippen molar-refractivity contribution in [2.24, 2.45) is 5.92 Å². The first-order chi connectivity index (χ1) is 10.3. The quantitative estimate of drug-likeness (QED) is 0.228. The van der Waals surface area contributed by atoms with Gasteiger partial charge in [-0.15, -0.1) is 4.33 Å². The van der Waals surface area contributed by atoms with Gasteiger partial charge in [0.2, 0.25) is 0 Å². The van der Waals surface area contributed by atoms with E-state index in [1.165, 1.54) is 0 Å². The molecule has 3 heterocycles. The Balaban J connectivity index is 1.58. The molecule has 0 saturated carbocycles. The van der Waals surface area contributed by atoms with E-state index < -0.39 is 69.5 Å². The van der Waals surface area contributed by atoms with Crippen LogP contribution in [0.3, 0.4) is 0 Å². The second-order valence-electron chi connectivity index (χ2n) is 4.97. The Labute approximate surface area is 127 Å². The van der Waals surface area contributed by atoms with Crippen LogP contribution < -0.4 is 0 Å². The zero-order valence-electron chi connectivity index (χ0n) is 10.6. The molecule has 9 nitrogen and oxygen atoms in total. The largest absolute Gasteiger partial charge is 0.460 e. The van der Waals surface area contributed by atoms with Crippen LogP contribution in [0.5, 0.6) is 0 Å². The molecule has 13 heteroatoms. The van der Waals surface area contributed by atoms with Gasteiger partial charge in [-0.1, -0.05) is 5.04 Å². The van der Waals surface area contributed by atoms with Crippen molar-refractivity contribution in [1.29, 1.82) is 0 Å². The highest BCUT2D eigenvalue weighted by molar-refractivity contribution is 7.96. The number of ether oxygens (including phenoxy) is 2. The highest BCUT2D eigenvalue weighted by Crippen LogP contribution is 2.49. The van der Waals surface area contributed by atoms with E-state index in [0.29, 0.717) is 0 Å². The van der Waals surface area contributed by atoms with E-state index in [9.17, 15) is 22.0 Å². The predicted octanol–water partition coefficient (Wildman–Crippen LogP) is 0.0763. The number of hydrogen-bond acceptors (Lipinski definition) is 10. The maximum absolute atomic E-state index is 13.2. The van der Waals surface area contributed by atoms with Crippen molar-refractivity contribution in [1.82, 2.24) is 0 Å². The SMILES string of the molecule is O=C(OCC1C2CC3C(O2)C1OS3(=O)=O)C(F)(F)SOOO. The summed E-state index contributed by atoms with van der Waals surface area (Å²) in [6.07, 6.45) is -1.83. The maximum Gasteiger partial charge on any atom is 0.415 e. The summed E-state index contributed by atoms with van der Waals surface area (Å²) >= 11 is -0.739. The molecule has 3 aliphatic heterocycles. The Morgan fingerprint density at radius 2 is 2.14 bits per heavy atom. The second-order valence-corrected chi connectivity index (χ2v) is 7.57. The highest BCUT2D eigenvalue weighted by Gasteiger charge is 2.65. The predicted molar refractivity (Wildman–Crippen MR) is 62.6 cm³/mol. The van der Waals surface area contributed by atoms with Crippen molar-refractivity contribution in [3.8, 4) is 0 Å². The first kappa shape index (κ1) is 16.3. The van der Waals surface area contributed by atoms with Gasteiger partial charge >= 0.3 is 11.2 Å². The third kappa shape index (κ3) is 2.60. The summed E-state index contributed by atoms with van der Waals surface area (Å²) in [7, 11) is -3.73. The monoisotopic (exact) mass is 364 g/mol. The first-order valence-electron chi connectivity index (χ1n) is 6.05. The molecule has 0 amide bonds. The van der Waals surface area contributed by atoms with Gasteiger partial charge in [0.25, 0.3) is 10.1 Å². The number of fused-ring (bicyclic) bond motifs is 1. The molecular formula is C9H10F2O9S2. The molecule has 3 saturated heterocycles. The molecule has 1 N–H and O–H groups in total. The van der Waals surface area contributed by atoms with Crippen LogP contribution in [-0.2, 0) is 37.9 Å². The van der Waals surface area contributed by atoms with Crippen LogP contribution in [-0.4, -0.2) is 55.1 Å². The molecule has 5 atom stereocenters. The molecule has 126 valence electrons. The molecule has 22 heavy (non-hydrogen) atoms. The lowest BCUT2D eigenvalue weighted by Crippen LogP contribution is -2.38. The Bertz CT molecular complexity index is 567. The summed E-state index contributed by atoms with van der Waals surface area (Å²) in [5.41, 5.74) is 0. The summed E-state index contributed by atoms with van der Waals surface area (Å²) in [4.78, 5) is 11.3. The Hall–Kier alpha value is -0.570. The number of rotatable bonds is 6. The maximum atomic E-state index is 13.2. The normalized spacial score (nSPS) is 38.4. The van der Waals surface area contributed by atoms with Crippen LogP contribution in [0.4, 0.5) is 8.78 Å². The van der Waals surface area contributed by atoms with Crippen molar-refractivity contribution in [2.75, 3.05) is 6.61 Å². The van der Waals surface area contributed by atoms with Crippen LogP contribution in [0.2, 0.25) is 0 Å². The van der Waals surface area contributed by atoms with Crippen molar-refractivity contribution in [3.63, 3.8) is 0 Å². The van der Waals surface area contributed by atoms with Crippen LogP contribution in [0.1, 0.15) is 6.42 Å². The summed E-state index contributed by atoms with van der Waals surface area (Å²) < 4.78 is 68.0. The van der Waals surface area contributed by atoms with E-state index in [1.54, 1.807) is 0 Å². The van der Waals surface area contributed by atoms with Crippen molar-refractivity contribution >= 4 is 28.1 Å². The minimum Gasteiger partial charge on any atom is -0.460 e. The number of carbonyl (C=O) groups excluding carboxylic acids is 1. The topological polar surface area (TPSA) is 118 Å². The third-order valence-electron chi connectivity index (χ3n) is 3.82. The standard InChI is InChI=1S/C9H10F2O9S2/c10-9(11,21-20-19-13)8(12)16-2-3-4-1-5-7(17-4)6(3)18-22(5,14)15/h3-7,13H,1-2H2. The molecule has 2 bridgehead atoms. The van der Waals surface area contributed by atoms with Gasteiger partial charge in [0, 0.05) is 5.92 Å². The van der Waals surface area contributed by atoms with Gasteiger partial charge in [-0.25, -0.2) is 10.1 Å². The van der Waals surface area contributed by atoms with Crippen LogP contribution in [0.25, 0.3) is 0 Å². The molecule has 0 aromatic rings. The van der Waals surface area contributed by atoms with Gasteiger partial charge in [-0.2, -0.15) is 17.2 Å². The summed E-state index contributed by atoms with van der Waals surface area (Å²) in [5.74, 6) is -2.56. The second kappa shape index (κ2) is 5.51. The lowest BCUT2D eigenvalue weighted by atomic mass is 9.87. The van der Waals surface area contributed by atoms with Crippen molar-refractivity contribution in [2.45, 2.75) is 35.2 Å². The first-order valence-corrected chi connectivity index (χ1v) is 8.26. The van der Waals surface area contributed by atoms with Gasteiger partial charge in [-0.3, -0.25) is 4.18 Å². The van der Waals surface area contributed by atoms with E-state index >= 15 is 0 Å². The molecule has 0 spiro atoms. The fraction of sp³-hybridized carbons (Fsp3) is 0.889. The third-order valence-corrected chi connectivity index (χ3v) is 6.01. The van der Waals surface area contributed by atoms with E-state index in [0.717, 1.165) is 0 Å². The zero-order chi connectivity index (χ0) is 16.1. The molecule has 3 rings (SSSR count). The molecular weight excluding hydrogens is 354 g/mol.